The van der Waals surface area contributed by atoms with Crippen LogP contribution in [0.5, 0.6) is 0 Å². The van der Waals surface area contributed by atoms with Crippen molar-refractivity contribution in [2.45, 2.75) is 45.8 Å². The highest BCUT2D eigenvalue weighted by atomic mass is 19.4. The summed E-state index contributed by atoms with van der Waals surface area (Å²) in [4.78, 5) is 16.4. The van der Waals surface area contributed by atoms with E-state index < -0.39 is 17.6 Å². The number of carbonyl (C=O) groups excluding carboxylic acids is 1. The molecule has 1 atom stereocenters. The van der Waals surface area contributed by atoms with E-state index in [9.17, 15) is 18.0 Å². The average Bonchev–Trinajstić information content (AvgIpc) is 2.85. The van der Waals surface area contributed by atoms with Crippen molar-refractivity contribution in [2.75, 3.05) is 25.5 Å². The van der Waals surface area contributed by atoms with E-state index in [1.54, 1.807) is 7.05 Å². The Morgan fingerprint density at radius 1 is 0.943 bits per heavy atom. The maximum Gasteiger partial charge on any atom is 0.417 e. The molecule has 0 aliphatic rings. The average molecular weight is 485 g/mol. The van der Waals surface area contributed by atoms with Crippen molar-refractivity contribution in [1.82, 2.24) is 15.1 Å². The molecule has 5 nitrogen and oxygen atoms in total. The van der Waals surface area contributed by atoms with E-state index in [0.717, 1.165) is 34.3 Å². The molecule has 1 heterocycles. The Morgan fingerprint density at radius 2 is 1.57 bits per heavy atom. The first-order chi connectivity index (χ1) is 16.6. The molecule has 0 aliphatic carbocycles. The third kappa shape index (κ3) is 5.81. The Hall–Kier alpha value is -3.42. The SMILES string of the molecule is CCC(CCN(C)c1nnc(-c2ccccc2)c(C)c1C)N(C)C(=O)c1ccccc1C(F)(F)F. The van der Waals surface area contributed by atoms with Crippen molar-refractivity contribution in [3.8, 4) is 11.3 Å². The summed E-state index contributed by atoms with van der Waals surface area (Å²) in [6.07, 6.45) is -3.40. The van der Waals surface area contributed by atoms with Crippen LogP contribution >= 0.6 is 0 Å². The van der Waals surface area contributed by atoms with Crippen LogP contribution in [0.25, 0.3) is 11.3 Å². The number of rotatable bonds is 8. The molecule has 0 saturated heterocycles. The first kappa shape index (κ1) is 26.2. The predicted molar refractivity (Wildman–Crippen MR) is 132 cm³/mol. The molecular weight excluding hydrogens is 453 g/mol. The standard InChI is InChI=1S/C27H31F3N4O/c1-6-21(34(5)26(35)22-14-10-11-15-23(22)27(28,29)30)16-17-33(4)25-19(3)18(2)24(31-32-25)20-12-8-7-9-13-20/h7-15,21H,6,16-17H2,1-5H3. The lowest BCUT2D eigenvalue weighted by Crippen LogP contribution is -2.39. The van der Waals surface area contributed by atoms with Crippen LogP contribution in [0.2, 0.25) is 0 Å². The smallest absolute Gasteiger partial charge is 0.358 e. The molecule has 0 fully saturated rings. The van der Waals surface area contributed by atoms with E-state index in [0.29, 0.717) is 19.4 Å². The number of benzene rings is 2. The zero-order valence-electron chi connectivity index (χ0n) is 20.7. The lowest BCUT2D eigenvalue weighted by atomic mass is 10.0. The summed E-state index contributed by atoms with van der Waals surface area (Å²) in [7, 11) is 3.47. The molecule has 35 heavy (non-hydrogen) atoms. The highest BCUT2D eigenvalue weighted by molar-refractivity contribution is 5.96. The van der Waals surface area contributed by atoms with Gasteiger partial charge in [0.15, 0.2) is 5.82 Å². The summed E-state index contributed by atoms with van der Waals surface area (Å²) in [6.45, 7) is 6.51. The molecule has 3 rings (SSSR count). The number of halogens is 3. The minimum absolute atomic E-state index is 0.232. The first-order valence-electron chi connectivity index (χ1n) is 11.6. The molecule has 8 heteroatoms. The monoisotopic (exact) mass is 484 g/mol. The van der Waals surface area contributed by atoms with Gasteiger partial charge in [-0.2, -0.15) is 13.2 Å². The largest absolute Gasteiger partial charge is 0.417 e. The van der Waals surface area contributed by atoms with Gasteiger partial charge < -0.3 is 9.80 Å². The molecule has 2 aromatic carbocycles. The van der Waals surface area contributed by atoms with Crippen molar-refractivity contribution in [2.24, 2.45) is 0 Å². The van der Waals surface area contributed by atoms with E-state index in [-0.39, 0.29) is 11.6 Å². The summed E-state index contributed by atoms with van der Waals surface area (Å²) >= 11 is 0. The molecule has 0 spiro atoms. The lowest BCUT2D eigenvalue weighted by Gasteiger charge is -2.30. The van der Waals surface area contributed by atoms with Crippen molar-refractivity contribution >= 4 is 11.7 Å². The molecule has 0 saturated carbocycles. The second-order valence-electron chi connectivity index (χ2n) is 8.72. The fourth-order valence-corrected chi connectivity index (χ4v) is 4.22. The minimum atomic E-state index is -4.59. The van der Waals surface area contributed by atoms with Crippen LogP contribution in [-0.2, 0) is 6.18 Å². The van der Waals surface area contributed by atoms with Gasteiger partial charge in [-0.15, -0.1) is 10.2 Å². The number of nitrogens with zero attached hydrogens (tertiary/aromatic N) is 4. The molecule has 186 valence electrons. The second kappa shape index (κ2) is 10.9. The van der Waals surface area contributed by atoms with Gasteiger partial charge >= 0.3 is 6.18 Å². The number of hydrogen-bond donors (Lipinski definition) is 0. The van der Waals surface area contributed by atoms with Crippen LogP contribution < -0.4 is 4.90 Å². The van der Waals surface area contributed by atoms with Gasteiger partial charge in [0.2, 0.25) is 0 Å². The quantitative estimate of drug-likeness (QED) is 0.384. The van der Waals surface area contributed by atoms with Gasteiger partial charge in [0.05, 0.1) is 16.8 Å². The van der Waals surface area contributed by atoms with E-state index in [1.807, 2.05) is 63.1 Å². The van der Waals surface area contributed by atoms with Gasteiger partial charge in [0.25, 0.3) is 5.91 Å². The molecular formula is C27H31F3N4O. The highest BCUT2D eigenvalue weighted by Gasteiger charge is 2.36. The van der Waals surface area contributed by atoms with Crippen LogP contribution in [0.15, 0.2) is 54.6 Å². The maximum absolute atomic E-state index is 13.4. The number of anilines is 1. The highest BCUT2D eigenvalue weighted by Crippen LogP contribution is 2.33. The zero-order chi connectivity index (χ0) is 25.8. The fraction of sp³-hybridized carbons (Fsp3) is 0.370. The molecule has 0 bridgehead atoms. The van der Waals surface area contributed by atoms with Crippen LogP contribution in [0, 0.1) is 13.8 Å². The lowest BCUT2D eigenvalue weighted by molar-refractivity contribution is -0.138. The Bertz CT molecular complexity index is 1160. The van der Waals surface area contributed by atoms with Crippen molar-refractivity contribution in [3.05, 3.63) is 76.9 Å². The van der Waals surface area contributed by atoms with Gasteiger partial charge in [-0.3, -0.25) is 4.79 Å². The minimum Gasteiger partial charge on any atom is -0.358 e. The Labute approximate surface area is 204 Å². The molecule has 3 aromatic rings. The van der Waals surface area contributed by atoms with Crippen molar-refractivity contribution in [1.29, 1.82) is 0 Å². The van der Waals surface area contributed by atoms with Crippen LogP contribution in [-0.4, -0.2) is 47.7 Å². The Morgan fingerprint density at radius 3 is 2.20 bits per heavy atom. The Balaban J connectivity index is 1.74. The molecule has 0 aliphatic heterocycles. The number of aromatic nitrogens is 2. The normalized spacial score (nSPS) is 12.3. The van der Waals surface area contributed by atoms with Gasteiger partial charge in [0, 0.05) is 32.2 Å². The molecule has 0 N–H and O–H groups in total. The number of carbonyl (C=O) groups is 1. The summed E-state index contributed by atoms with van der Waals surface area (Å²) < 4.78 is 40.2. The number of hydrogen-bond acceptors (Lipinski definition) is 4. The van der Waals surface area contributed by atoms with Crippen LogP contribution in [0.1, 0.15) is 46.8 Å². The molecule has 1 aromatic heterocycles. The van der Waals surface area contributed by atoms with Gasteiger partial charge in [0.1, 0.15) is 0 Å². The van der Waals surface area contributed by atoms with Gasteiger partial charge in [-0.05, 0) is 49.9 Å². The Kier molecular flexibility index (Phi) is 8.14. The summed E-state index contributed by atoms with van der Waals surface area (Å²) in [6, 6.07) is 14.6. The second-order valence-corrected chi connectivity index (χ2v) is 8.72. The van der Waals surface area contributed by atoms with Crippen molar-refractivity contribution in [3.63, 3.8) is 0 Å². The van der Waals surface area contributed by atoms with Gasteiger partial charge in [-0.1, -0.05) is 49.4 Å². The van der Waals surface area contributed by atoms with E-state index >= 15 is 0 Å². The first-order valence-corrected chi connectivity index (χ1v) is 11.6. The topological polar surface area (TPSA) is 49.3 Å². The van der Waals surface area contributed by atoms with Crippen LogP contribution in [0.3, 0.4) is 0 Å². The third-order valence-electron chi connectivity index (χ3n) is 6.51. The third-order valence-corrected chi connectivity index (χ3v) is 6.51. The summed E-state index contributed by atoms with van der Waals surface area (Å²) in [5.74, 6) is 0.111. The fourth-order valence-electron chi connectivity index (χ4n) is 4.22. The summed E-state index contributed by atoms with van der Waals surface area (Å²) in [5.41, 5.74) is 2.64. The van der Waals surface area contributed by atoms with Crippen molar-refractivity contribution < 1.29 is 18.0 Å². The molecule has 0 radical (unpaired) electrons. The zero-order valence-corrected chi connectivity index (χ0v) is 20.7. The maximum atomic E-state index is 13.4. The number of amides is 1. The summed E-state index contributed by atoms with van der Waals surface area (Å²) in [5, 5.41) is 8.91. The van der Waals surface area contributed by atoms with Crippen LogP contribution in [0.4, 0.5) is 19.0 Å². The van der Waals surface area contributed by atoms with Gasteiger partial charge in [-0.25, -0.2) is 0 Å². The number of alkyl halides is 3. The molecule has 1 unspecified atom stereocenters. The van der Waals surface area contributed by atoms with E-state index in [2.05, 4.69) is 10.2 Å². The van der Waals surface area contributed by atoms with E-state index in [1.165, 1.54) is 23.1 Å². The molecule has 1 amide bonds. The predicted octanol–water partition coefficient (Wildman–Crippen LogP) is 6.16. The van der Waals surface area contributed by atoms with E-state index in [4.69, 9.17) is 0 Å².